The van der Waals surface area contributed by atoms with Crippen molar-refractivity contribution in [3.05, 3.63) is 53.6 Å². The van der Waals surface area contributed by atoms with Crippen LogP contribution in [0.1, 0.15) is 11.1 Å². The Kier molecular flexibility index (Phi) is 5.42. The fourth-order valence-corrected chi connectivity index (χ4v) is 2.70. The summed E-state index contributed by atoms with van der Waals surface area (Å²) in [5, 5.41) is 7.64. The molecule has 128 valence electrons. The summed E-state index contributed by atoms with van der Waals surface area (Å²) in [7, 11) is -2.31. The number of methoxy groups -OCH3 is 1. The third kappa shape index (κ3) is 5.25. The molecule has 0 aliphatic rings. The molecule has 24 heavy (non-hydrogen) atoms. The molecule has 4 N–H and O–H groups in total. The maximum absolute atomic E-state index is 12.2. The zero-order valence-electron chi connectivity index (χ0n) is 13.4. The van der Waals surface area contributed by atoms with Crippen LogP contribution < -0.4 is 19.9 Å². The topological polar surface area (TPSA) is 111 Å². The molecule has 0 atom stereocenters. The molecule has 0 saturated heterocycles. The third-order valence-corrected chi connectivity index (χ3v) is 3.71. The maximum atomic E-state index is 12.2. The Hall–Kier alpha value is -2.58. The Bertz CT molecular complexity index is 850. The number of anilines is 2. The Labute approximate surface area is 141 Å². The monoisotopic (exact) mass is 349 g/mol. The van der Waals surface area contributed by atoms with Crippen molar-refractivity contribution in [2.24, 2.45) is 5.14 Å². The molecule has 2 aromatic rings. The molecule has 0 saturated carbocycles. The molecule has 7 nitrogen and oxygen atoms in total. The van der Waals surface area contributed by atoms with Gasteiger partial charge >= 0.3 is 0 Å². The zero-order valence-corrected chi connectivity index (χ0v) is 14.2. The van der Waals surface area contributed by atoms with E-state index in [2.05, 4.69) is 10.0 Å². The minimum atomic E-state index is -3.86. The van der Waals surface area contributed by atoms with Crippen LogP contribution in [0.3, 0.4) is 0 Å². The second-order valence-corrected chi connectivity index (χ2v) is 6.56. The van der Waals surface area contributed by atoms with Crippen molar-refractivity contribution >= 4 is 27.5 Å². The Morgan fingerprint density at radius 3 is 2.54 bits per heavy atom. The second-order valence-electron chi connectivity index (χ2n) is 5.27. The Morgan fingerprint density at radius 2 is 1.88 bits per heavy atom. The van der Waals surface area contributed by atoms with Crippen molar-refractivity contribution in [2.75, 3.05) is 17.1 Å². The first-order valence-corrected chi connectivity index (χ1v) is 8.65. The van der Waals surface area contributed by atoms with E-state index in [9.17, 15) is 13.2 Å². The number of carbonyl (C=O) groups excluding carboxylic acids is 1. The number of nitrogens with one attached hydrogen (secondary N) is 2. The van der Waals surface area contributed by atoms with E-state index in [1.54, 1.807) is 19.2 Å². The van der Waals surface area contributed by atoms with Gasteiger partial charge in [0.1, 0.15) is 5.75 Å². The van der Waals surface area contributed by atoms with Crippen LogP contribution in [0.4, 0.5) is 11.4 Å². The summed E-state index contributed by atoms with van der Waals surface area (Å²) in [5.74, 6) is 0.395. The molecule has 2 aromatic carbocycles. The van der Waals surface area contributed by atoms with Gasteiger partial charge in [-0.3, -0.25) is 9.52 Å². The molecule has 8 heteroatoms. The summed E-state index contributed by atoms with van der Waals surface area (Å²) < 4.78 is 29.5. The predicted molar refractivity (Wildman–Crippen MR) is 93.2 cm³/mol. The molecule has 0 spiro atoms. The lowest BCUT2D eigenvalue weighted by Crippen LogP contribution is -2.21. The lowest BCUT2D eigenvalue weighted by molar-refractivity contribution is -0.115. The number of aryl methyl sites for hydroxylation is 1. The molecule has 0 aliphatic heterocycles. The van der Waals surface area contributed by atoms with E-state index >= 15 is 0 Å². The highest BCUT2D eigenvalue weighted by Gasteiger charge is 2.10. The summed E-state index contributed by atoms with van der Waals surface area (Å²) in [6.45, 7) is 1.93. The molecule has 0 unspecified atom stereocenters. The molecule has 1 amide bonds. The van der Waals surface area contributed by atoms with Crippen molar-refractivity contribution in [3.63, 3.8) is 0 Å². The van der Waals surface area contributed by atoms with Crippen LogP contribution >= 0.6 is 0 Å². The van der Waals surface area contributed by atoms with Gasteiger partial charge in [0.15, 0.2) is 0 Å². The minimum absolute atomic E-state index is 0.137. The highest BCUT2D eigenvalue weighted by molar-refractivity contribution is 7.90. The van der Waals surface area contributed by atoms with Gasteiger partial charge < -0.3 is 10.1 Å². The first-order valence-electron chi connectivity index (χ1n) is 7.11. The molecule has 2 rings (SSSR count). The van der Waals surface area contributed by atoms with Crippen LogP contribution in [0.5, 0.6) is 5.75 Å². The Morgan fingerprint density at radius 1 is 1.17 bits per heavy atom. The van der Waals surface area contributed by atoms with Crippen molar-refractivity contribution in [1.29, 1.82) is 0 Å². The number of carbonyl (C=O) groups is 1. The first kappa shape index (κ1) is 17.8. The molecule has 0 heterocycles. The van der Waals surface area contributed by atoms with Gasteiger partial charge in [0.05, 0.1) is 19.2 Å². The van der Waals surface area contributed by atoms with E-state index in [1.807, 2.05) is 25.1 Å². The Balaban J connectivity index is 2.10. The van der Waals surface area contributed by atoms with Crippen LogP contribution in [0, 0.1) is 6.92 Å². The van der Waals surface area contributed by atoms with Crippen molar-refractivity contribution in [1.82, 2.24) is 0 Å². The van der Waals surface area contributed by atoms with E-state index in [0.29, 0.717) is 11.4 Å². The average Bonchev–Trinajstić information content (AvgIpc) is 2.46. The van der Waals surface area contributed by atoms with Gasteiger partial charge in [0, 0.05) is 11.3 Å². The summed E-state index contributed by atoms with van der Waals surface area (Å²) in [6, 6.07) is 11.9. The zero-order chi connectivity index (χ0) is 17.7. The minimum Gasteiger partial charge on any atom is -0.496 e. The number of rotatable bonds is 6. The van der Waals surface area contributed by atoms with E-state index in [-0.39, 0.29) is 18.0 Å². The van der Waals surface area contributed by atoms with Crippen LogP contribution in [0.15, 0.2) is 42.5 Å². The van der Waals surface area contributed by atoms with Crippen molar-refractivity contribution in [3.8, 4) is 5.75 Å². The second kappa shape index (κ2) is 7.33. The third-order valence-electron chi connectivity index (χ3n) is 3.19. The number of hydrogen-bond donors (Lipinski definition) is 3. The largest absolute Gasteiger partial charge is 0.496 e. The predicted octanol–water partition coefficient (Wildman–Crippen LogP) is 1.80. The van der Waals surface area contributed by atoms with Crippen LogP contribution in [0.25, 0.3) is 0 Å². The lowest BCUT2D eigenvalue weighted by Gasteiger charge is -2.11. The fraction of sp³-hybridized carbons (Fsp3) is 0.188. The highest BCUT2D eigenvalue weighted by atomic mass is 32.2. The summed E-state index contributed by atoms with van der Waals surface area (Å²) in [5.41, 5.74) is 2.52. The van der Waals surface area contributed by atoms with Gasteiger partial charge in [0.2, 0.25) is 5.91 Å². The highest BCUT2D eigenvalue weighted by Crippen LogP contribution is 2.21. The number of hydrogen-bond acceptors (Lipinski definition) is 4. The van der Waals surface area contributed by atoms with Crippen molar-refractivity contribution in [2.45, 2.75) is 13.3 Å². The summed E-state index contributed by atoms with van der Waals surface area (Å²) in [4.78, 5) is 12.2. The van der Waals surface area contributed by atoms with Gasteiger partial charge in [0.25, 0.3) is 10.2 Å². The molecular formula is C16H19N3O4S. The molecule has 0 radical (unpaired) electrons. The summed E-state index contributed by atoms with van der Waals surface area (Å²) in [6.07, 6.45) is 0.137. The quantitative estimate of drug-likeness (QED) is 0.738. The van der Waals surface area contributed by atoms with Crippen LogP contribution in [-0.4, -0.2) is 21.4 Å². The van der Waals surface area contributed by atoms with Gasteiger partial charge in [-0.1, -0.05) is 23.8 Å². The molecule has 0 bridgehead atoms. The number of nitrogens with two attached hydrogens (primary N) is 1. The SMILES string of the molecule is COc1ccc(C)cc1CC(=O)Nc1cccc(NS(N)(=O)=O)c1. The average molecular weight is 349 g/mol. The fourth-order valence-electron chi connectivity index (χ4n) is 2.25. The molecule has 0 fully saturated rings. The van der Waals surface area contributed by atoms with Gasteiger partial charge in [-0.15, -0.1) is 0 Å². The molecular weight excluding hydrogens is 330 g/mol. The smallest absolute Gasteiger partial charge is 0.296 e. The van der Waals surface area contributed by atoms with E-state index in [0.717, 1.165) is 11.1 Å². The van der Waals surface area contributed by atoms with Crippen LogP contribution in [-0.2, 0) is 21.4 Å². The number of amides is 1. The van der Waals surface area contributed by atoms with Crippen molar-refractivity contribution < 1.29 is 17.9 Å². The normalized spacial score (nSPS) is 11.0. The van der Waals surface area contributed by atoms with Crippen LogP contribution in [0.2, 0.25) is 0 Å². The molecule has 0 aromatic heterocycles. The maximum Gasteiger partial charge on any atom is 0.296 e. The first-order chi connectivity index (χ1) is 11.3. The lowest BCUT2D eigenvalue weighted by atomic mass is 10.1. The number of benzene rings is 2. The van der Waals surface area contributed by atoms with Gasteiger partial charge in [-0.05, 0) is 31.2 Å². The molecule has 0 aliphatic carbocycles. The van der Waals surface area contributed by atoms with Gasteiger partial charge in [-0.25, -0.2) is 5.14 Å². The van der Waals surface area contributed by atoms with E-state index in [1.165, 1.54) is 12.1 Å². The number of ether oxygens (including phenoxy) is 1. The van der Waals surface area contributed by atoms with E-state index in [4.69, 9.17) is 9.88 Å². The summed E-state index contributed by atoms with van der Waals surface area (Å²) >= 11 is 0. The van der Waals surface area contributed by atoms with Gasteiger partial charge in [-0.2, -0.15) is 8.42 Å². The van der Waals surface area contributed by atoms with E-state index < -0.39 is 10.2 Å². The standard InChI is InChI=1S/C16H19N3O4S/c1-11-6-7-15(23-2)12(8-11)9-16(20)18-13-4-3-5-14(10-13)19-24(17,21)22/h3-8,10,19H,9H2,1-2H3,(H,18,20)(H2,17,21,22).